The Hall–Kier alpha value is 0.240. The standard InChI is InChI=1S/C14H21Cl2NS/c1-2-8-17-13(10-6-4-3-5-7-10)11-9-12(15)18-14(11)16/h9-10,13,17H,2-8H2,1H3. The van der Waals surface area contributed by atoms with E-state index >= 15 is 0 Å². The first kappa shape index (κ1) is 14.6. The van der Waals surface area contributed by atoms with Gasteiger partial charge in [0, 0.05) is 11.6 Å². The number of nitrogens with one attached hydrogen (secondary N) is 1. The van der Waals surface area contributed by atoms with Crippen LogP contribution in [0.4, 0.5) is 0 Å². The topological polar surface area (TPSA) is 12.0 Å². The van der Waals surface area contributed by atoms with Crippen molar-refractivity contribution < 1.29 is 0 Å². The number of rotatable bonds is 5. The van der Waals surface area contributed by atoms with Crippen molar-refractivity contribution in [1.29, 1.82) is 0 Å². The van der Waals surface area contributed by atoms with Gasteiger partial charge in [0.1, 0.15) is 0 Å². The average molecular weight is 306 g/mol. The van der Waals surface area contributed by atoms with Gasteiger partial charge < -0.3 is 5.32 Å². The van der Waals surface area contributed by atoms with E-state index in [-0.39, 0.29) is 0 Å². The second kappa shape index (κ2) is 7.14. The van der Waals surface area contributed by atoms with Gasteiger partial charge in [-0.2, -0.15) is 0 Å². The molecule has 102 valence electrons. The summed E-state index contributed by atoms with van der Waals surface area (Å²) in [6.45, 7) is 3.25. The van der Waals surface area contributed by atoms with Crippen molar-refractivity contribution in [2.75, 3.05) is 6.54 Å². The summed E-state index contributed by atoms with van der Waals surface area (Å²) in [4.78, 5) is 0. The van der Waals surface area contributed by atoms with Crippen LogP contribution < -0.4 is 5.32 Å². The average Bonchev–Trinajstić information content (AvgIpc) is 2.70. The zero-order valence-corrected chi connectivity index (χ0v) is 13.2. The van der Waals surface area contributed by atoms with Gasteiger partial charge >= 0.3 is 0 Å². The van der Waals surface area contributed by atoms with Crippen molar-refractivity contribution in [2.45, 2.75) is 51.5 Å². The van der Waals surface area contributed by atoms with Gasteiger partial charge in [-0.15, -0.1) is 11.3 Å². The Morgan fingerprint density at radius 2 is 2.06 bits per heavy atom. The molecule has 18 heavy (non-hydrogen) atoms. The SMILES string of the molecule is CCCNC(c1cc(Cl)sc1Cl)C1CCCCC1. The maximum Gasteiger partial charge on any atom is 0.0992 e. The van der Waals surface area contributed by atoms with Gasteiger partial charge in [-0.1, -0.05) is 49.4 Å². The van der Waals surface area contributed by atoms with Crippen LogP contribution in [0.3, 0.4) is 0 Å². The monoisotopic (exact) mass is 305 g/mol. The first-order valence-electron chi connectivity index (χ1n) is 6.90. The Morgan fingerprint density at radius 3 is 2.61 bits per heavy atom. The molecule has 1 nitrogen and oxygen atoms in total. The van der Waals surface area contributed by atoms with Crippen molar-refractivity contribution in [3.63, 3.8) is 0 Å². The lowest BCUT2D eigenvalue weighted by Crippen LogP contribution is -2.30. The lowest BCUT2D eigenvalue weighted by molar-refractivity contribution is 0.272. The lowest BCUT2D eigenvalue weighted by Gasteiger charge is -2.31. The molecule has 0 saturated heterocycles. The van der Waals surface area contributed by atoms with E-state index in [0.717, 1.165) is 21.6 Å². The van der Waals surface area contributed by atoms with Crippen LogP contribution in [-0.4, -0.2) is 6.54 Å². The van der Waals surface area contributed by atoms with Crippen molar-refractivity contribution in [2.24, 2.45) is 5.92 Å². The van der Waals surface area contributed by atoms with E-state index in [4.69, 9.17) is 23.2 Å². The van der Waals surface area contributed by atoms with Crippen LogP contribution in [0.2, 0.25) is 8.67 Å². The molecule has 0 aliphatic heterocycles. The van der Waals surface area contributed by atoms with Gasteiger partial charge in [0.2, 0.25) is 0 Å². The molecule has 1 aromatic rings. The molecular weight excluding hydrogens is 285 g/mol. The Labute approximate surface area is 124 Å². The van der Waals surface area contributed by atoms with Gasteiger partial charge in [0.25, 0.3) is 0 Å². The minimum atomic E-state index is 0.390. The minimum Gasteiger partial charge on any atom is -0.310 e. The first-order valence-corrected chi connectivity index (χ1v) is 8.47. The van der Waals surface area contributed by atoms with Crippen LogP contribution in [0.15, 0.2) is 6.07 Å². The van der Waals surface area contributed by atoms with Crippen LogP contribution in [0, 0.1) is 5.92 Å². The van der Waals surface area contributed by atoms with E-state index in [1.165, 1.54) is 49.0 Å². The molecule has 2 rings (SSSR count). The second-order valence-electron chi connectivity index (χ2n) is 5.11. The summed E-state index contributed by atoms with van der Waals surface area (Å²) in [6.07, 6.45) is 7.86. The van der Waals surface area contributed by atoms with E-state index in [1.54, 1.807) is 0 Å². The molecule has 1 saturated carbocycles. The van der Waals surface area contributed by atoms with Crippen LogP contribution in [0.25, 0.3) is 0 Å². The van der Waals surface area contributed by atoms with Crippen LogP contribution >= 0.6 is 34.5 Å². The van der Waals surface area contributed by atoms with Crippen molar-refractivity contribution >= 4 is 34.5 Å². The Balaban J connectivity index is 2.15. The maximum absolute atomic E-state index is 6.33. The third kappa shape index (κ3) is 3.63. The molecule has 1 aromatic heterocycles. The molecule has 0 radical (unpaired) electrons. The highest BCUT2D eigenvalue weighted by atomic mass is 35.5. The fraction of sp³-hybridized carbons (Fsp3) is 0.714. The van der Waals surface area contributed by atoms with Crippen molar-refractivity contribution in [3.05, 3.63) is 20.3 Å². The largest absolute Gasteiger partial charge is 0.310 e. The molecule has 4 heteroatoms. The van der Waals surface area contributed by atoms with E-state index in [0.29, 0.717) is 12.0 Å². The van der Waals surface area contributed by atoms with E-state index in [1.807, 2.05) is 0 Å². The Kier molecular flexibility index (Phi) is 5.81. The predicted octanol–water partition coefficient (Wildman–Crippen LogP) is 5.68. The summed E-state index contributed by atoms with van der Waals surface area (Å²) >= 11 is 13.9. The molecule has 0 amide bonds. The fourth-order valence-electron chi connectivity index (χ4n) is 2.86. The smallest absolute Gasteiger partial charge is 0.0992 e. The third-order valence-corrected chi connectivity index (χ3v) is 5.27. The predicted molar refractivity (Wildman–Crippen MR) is 81.9 cm³/mol. The lowest BCUT2D eigenvalue weighted by atomic mass is 9.81. The van der Waals surface area contributed by atoms with Gasteiger partial charge in [-0.3, -0.25) is 0 Å². The van der Waals surface area contributed by atoms with Gasteiger partial charge in [-0.25, -0.2) is 0 Å². The fourth-order valence-corrected chi connectivity index (χ4v) is 4.41. The zero-order valence-electron chi connectivity index (χ0n) is 10.8. The molecule has 1 aliphatic carbocycles. The Morgan fingerprint density at radius 1 is 1.33 bits per heavy atom. The van der Waals surface area contributed by atoms with E-state index in [2.05, 4.69) is 18.3 Å². The van der Waals surface area contributed by atoms with Gasteiger partial charge in [0.05, 0.1) is 8.67 Å². The number of thiophene rings is 1. The van der Waals surface area contributed by atoms with Crippen LogP contribution in [0.1, 0.15) is 57.1 Å². The highest BCUT2D eigenvalue weighted by molar-refractivity contribution is 7.20. The normalized spacial score (nSPS) is 19.1. The number of hydrogen-bond donors (Lipinski definition) is 1. The molecule has 1 aliphatic rings. The Bertz CT molecular complexity index is 372. The molecule has 1 fully saturated rings. The van der Waals surface area contributed by atoms with E-state index in [9.17, 15) is 0 Å². The summed E-state index contributed by atoms with van der Waals surface area (Å²) in [5.74, 6) is 0.716. The first-order chi connectivity index (χ1) is 8.72. The highest BCUT2D eigenvalue weighted by Crippen LogP contribution is 2.41. The maximum atomic E-state index is 6.33. The molecule has 1 unspecified atom stereocenters. The molecule has 1 heterocycles. The summed E-state index contributed by atoms with van der Waals surface area (Å²) in [5, 5.41) is 3.67. The third-order valence-electron chi connectivity index (χ3n) is 3.75. The molecule has 0 aromatic carbocycles. The number of hydrogen-bond acceptors (Lipinski definition) is 2. The zero-order chi connectivity index (χ0) is 13.0. The summed E-state index contributed by atoms with van der Waals surface area (Å²) in [5.41, 5.74) is 1.21. The quantitative estimate of drug-likeness (QED) is 0.738. The number of halogens is 2. The van der Waals surface area contributed by atoms with Gasteiger partial charge in [-0.05, 0) is 37.8 Å². The summed E-state index contributed by atoms with van der Waals surface area (Å²) in [6, 6.07) is 2.44. The molecule has 0 bridgehead atoms. The van der Waals surface area contributed by atoms with Gasteiger partial charge in [0.15, 0.2) is 0 Å². The molecule has 1 N–H and O–H groups in total. The molecule has 0 spiro atoms. The van der Waals surface area contributed by atoms with Crippen molar-refractivity contribution in [3.8, 4) is 0 Å². The van der Waals surface area contributed by atoms with Crippen LogP contribution in [-0.2, 0) is 0 Å². The summed E-state index contributed by atoms with van der Waals surface area (Å²) < 4.78 is 1.66. The minimum absolute atomic E-state index is 0.390. The molecule has 1 atom stereocenters. The highest BCUT2D eigenvalue weighted by Gasteiger charge is 2.27. The molecular formula is C14H21Cl2NS. The van der Waals surface area contributed by atoms with E-state index < -0.39 is 0 Å². The van der Waals surface area contributed by atoms with Crippen LogP contribution in [0.5, 0.6) is 0 Å². The van der Waals surface area contributed by atoms with Crippen molar-refractivity contribution in [1.82, 2.24) is 5.32 Å². The second-order valence-corrected chi connectivity index (χ2v) is 7.40. The summed E-state index contributed by atoms with van der Waals surface area (Å²) in [7, 11) is 0.